The Kier molecular flexibility index (Phi) is 2.13. The normalized spacial score (nSPS) is 26.7. The Hall–Kier alpha value is -0.740. The molecule has 0 aromatic rings. The zero-order valence-electron chi connectivity index (χ0n) is 5.83. The third-order valence-corrected chi connectivity index (χ3v) is 1.69. The van der Waals surface area contributed by atoms with Crippen LogP contribution in [-0.4, -0.2) is 36.7 Å². The number of aldehydes is 1. The zero-order chi connectivity index (χ0) is 7.56. The zero-order valence-corrected chi connectivity index (χ0v) is 5.83. The lowest BCUT2D eigenvalue weighted by molar-refractivity contribution is -0.132. The molecule has 1 N–H and O–H groups in total. The second-order valence-corrected chi connectivity index (χ2v) is 2.34. The molecule has 0 bridgehead atoms. The summed E-state index contributed by atoms with van der Waals surface area (Å²) in [7, 11) is 1.76. The molecule has 4 heteroatoms. The Morgan fingerprint density at radius 1 is 1.80 bits per heavy atom. The van der Waals surface area contributed by atoms with Gasteiger partial charge in [-0.15, -0.1) is 0 Å². The molecule has 1 fully saturated rings. The average Bonchev–Trinajstić information content (AvgIpc) is 2.34. The molecule has 4 nitrogen and oxygen atoms in total. The van der Waals surface area contributed by atoms with Crippen LogP contribution in [0.25, 0.3) is 0 Å². The maximum atomic E-state index is 10.8. The fourth-order valence-corrected chi connectivity index (χ4v) is 1.09. The van der Waals surface area contributed by atoms with Gasteiger partial charge in [0.25, 0.3) is 0 Å². The molecule has 0 aliphatic carbocycles. The van der Waals surface area contributed by atoms with Gasteiger partial charge in [-0.25, -0.2) is 5.01 Å². The second-order valence-electron chi connectivity index (χ2n) is 2.34. The van der Waals surface area contributed by atoms with Crippen LogP contribution in [0.2, 0.25) is 0 Å². The molecule has 1 saturated heterocycles. The number of ketones is 1. The van der Waals surface area contributed by atoms with Crippen molar-refractivity contribution in [1.82, 2.24) is 10.4 Å². The highest BCUT2D eigenvalue weighted by Crippen LogP contribution is 2.05. The predicted molar refractivity (Wildman–Crippen MR) is 35.2 cm³/mol. The predicted octanol–water partition coefficient (Wildman–Crippen LogP) is -1.04. The summed E-state index contributed by atoms with van der Waals surface area (Å²) >= 11 is 0. The van der Waals surface area contributed by atoms with Crippen molar-refractivity contribution in [3.63, 3.8) is 0 Å². The maximum absolute atomic E-state index is 10.8. The number of carbonyl (C=O) groups is 2. The van der Waals surface area contributed by atoms with E-state index in [2.05, 4.69) is 5.43 Å². The minimum absolute atomic E-state index is 0.238. The number of rotatable bonds is 2. The summed E-state index contributed by atoms with van der Waals surface area (Å²) in [5, 5.41) is 1.68. The van der Waals surface area contributed by atoms with E-state index in [0.717, 1.165) is 13.0 Å². The second kappa shape index (κ2) is 2.90. The lowest BCUT2D eigenvalue weighted by Crippen LogP contribution is -2.38. The van der Waals surface area contributed by atoms with E-state index in [-0.39, 0.29) is 11.8 Å². The van der Waals surface area contributed by atoms with Crippen LogP contribution in [0.3, 0.4) is 0 Å². The molecule has 1 aliphatic rings. The van der Waals surface area contributed by atoms with Crippen molar-refractivity contribution in [2.45, 2.75) is 12.5 Å². The van der Waals surface area contributed by atoms with Crippen LogP contribution in [0.1, 0.15) is 6.42 Å². The van der Waals surface area contributed by atoms with Gasteiger partial charge in [0, 0.05) is 13.6 Å². The fraction of sp³-hybridized carbons (Fsp3) is 0.667. The molecule has 1 unspecified atom stereocenters. The standard InChI is InChI=1S/C6H10N2O2/c1-8-5(2-3-7-8)6(10)4-9/h4-5,7H,2-3H2,1H3. The monoisotopic (exact) mass is 142 g/mol. The number of hydrogen-bond donors (Lipinski definition) is 1. The van der Waals surface area contributed by atoms with Crippen LogP contribution >= 0.6 is 0 Å². The molecule has 1 rings (SSSR count). The van der Waals surface area contributed by atoms with E-state index in [9.17, 15) is 9.59 Å². The first-order valence-corrected chi connectivity index (χ1v) is 3.21. The van der Waals surface area contributed by atoms with E-state index in [1.54, 1.807) is 12.1 Å². The van der Waals surface area contributed by atoms with Gasteiger partial charge in [-0.2, -0.15) is 0 Å². The largest absolute Gasteiger partial charge is 0.295 e. The number of likely N-dealkylation sites (N-methyl/N-ethyl adjacent to an activating group) is 1. The molecule has 56 valence electrons. The van der Waals surface area contributed by atoms with Crippen molar-refractivity contribution in [3.05, 3.63) is 0 Å². The first kappa shape index (κ1) is 7.37. The topological polar surface area (TPSA) is 49.4 Å². The van der Waals surface area contributed by atoms with Crippen molar-refractivity contribution in [1.29, 1.82) is 0 Å². The van der Waals surface area contributed by atoms with E-state index >= 15 is 0 Å². The first-order chi connectivity index (χ1) is 4.75. The van der Waals surface area contributed by atoms with Crippen LogP contribution in [-0.2, 0) is 9.59 Å². The van der Waals surface area contributed by atoms with E-state index in [1.165, 1.54) is 0 Å². The molecule has 0 radical (unpaired) electrons. The van der Waals surface area contributed by atoms with Gasteiger partial charge in [0.15, 0.2) is 6.29 Å². The lowest BCUT2D eigenvalue weighted by atomic mass is 10.1. The summed E-state index contributed by atoms with van der Waals surface area (Å²) in [6.45, 7) is 0.779. The van der Waals surface area contributed by atoms with E-state index in [0.29, 0.717) is 6.29 Å². The Morgan fingerprint density at radius 3 is 2.90 bits per heavy atom. The van der Waals surface area contributed by atoms with E-state index < -0.39 is 0 Å². The number of carbonyl (C=O) groups excluding carboxylic acids is 2. The molecule has 0 saturated carbocycles. The summed E-state index contributed by atoms with van der Waals surface area (Å²) in [5.41, 5.74) is 2.94. The number of nitrogens with zero attached hydrogens (tertiary/aromatic N) is 1. The van der Waals surface area contributed by atoms with E-state index in [4.69, 9.17) is 0 Å². The molecule has 0 aromatic carbocycles. The van der Waals surface area contributed by atoms with Crippen molar-refractivity contribution < 1.29 is 9.59 Å². The van der Waals surface area contributed by atoms with Crippen molar-refractivity contribution >= 4 is 12.1 Å². The van der Waals surface area contributed by atoms with Gasteiger partial charge in [-0.1, -0.05) is 0 Å². The summed E-state index contributed by atoms with van der Waals surface area (Å²) in [5.74, 6) is -0.340. The van der Waals surface area contributed by atoms with Crippen LogP contribution in [0, 0.1) is 0 Å². The molecule has 0 aromatic heterocycles. The van der Waals surface area contributed by atoms with Gasteiger partial charge in [-0.3, -0.25) is 15.0 Å². The first-order valence-electron chi connectivity index (χ1n) is 3.21. The Bertz CT molecular complexity index is 158. The molecule has 0 spiro atoms. The molecular formula is C6H10N2O2. The molecule has 0 amide bonds. The van der Waals surface area contributed by atoms with Crippen LogP contribution in [0.15, 0.2) is 0 Å². The van der Waals surface area contributed by atoms with Gasteiger partial charge in [-0.05, 0) is 6.42 Å². The smallest absolute Gasteiger partial charge is 0.213 e. The molecule has 1 heterocycles. The number of Topliss-reactive ketones (excluding diaryl/α,β-unsaturated/α-hetero) is 1. The highest BCUT2D eigenvalue weighted by atomic mass is 16.2. The quantitative estimate of drug-likeness (QED) is 0.395. The molecular weight excluding hydrogens is 132 g/mol. The molecule has 10 heavy (non-hydrogen) atoms. The molecule has 1 atom stereocenters. The van der Waals surface area contributed by atoms with Crippen molar-refractivity contribution in [2.24, 2.45) is 0 Å². The number of hydrogen-bond acceptors (Lipinski definition) is 4. The maximum Gasteiger partial charge on any atom is 0.213 e. The van der Waals surface area contributed by atoms with Crippen LogP contribution < -0.4 is 5.43 Å². The minimum atomic E-state index is -0.340. The van der Waals surface area contributed by atoms with E-state index in [1.807, 2.05) is 0 Å². The van der Waals surface area contributed by atoms with Gasteiger partial charge < -0.3 is 0 Å². The summed E-state index contributed by atoms with van der Waals surface area (Å²) in [6, 6.07) is -0.238. The summed E-state index contributed by atoms with van der Waals surface area (Å²) in [4.78, 5) is 20.8. The number of nitrogens with one attached hydrogen (secondary N) is 1. The van der Waals surface area contributed by atoms with Gasteiger partial charge in [0.1, 0.15) is 0 Å². The van der Waals surface area contributed by atoms with Crippen molar-refractivity contribution in [2.75, 3.05) is 13.6 Å². The highest BCUT2D eigenvalue weighted by Gasteiger charge is 2.26. The lowest BCUT2D eigenvalue weighted by Gasteiger charge is -2.13. The van der Waals surface area contributed by atoms with Gasteiger partial charge in [0.2, 0.25) is 5.78 Å². The SMILES string of the molecule is CN1NCCC1C(=O)C=O. The van der Waals surface area contributed by atoms with Crippen LogP contribution in [0.5, 0.6) is 0 Å². The number of hydrazine groups is 1. The molecule has 1 aliphatic heterocycles. The van der Waals surface area contributed by atoms with Gasteiger partial charge in [0.05, 0.1) is 6.04 Å². The fourth-order valence-electron chi connectivity index (χ4n) is 1.09. The highest BCUT2D eigenvalue weighted by molar-refractivity contribution is 6.27. The Morgan fingerprint density at radius 2 is 2.50 bits per heavy atom. The summed E-state index contributed by atoms with van der Waals surface area (Å²) in [6.07, 6.45) is 1.11. The van der Waals surface area contributed by atoms with Crippen molar-refractivity contribution in [3.8, 4) is 0 Å². The Balaban J connectivity index is 2.54. The van der Waals surface area contributed by atoms with Gasteiger partial charge >= 0.3 is 0 Å². The third kappa shape index (κ3) is 1.22. The Labute approximate surface area is 59.2 Å². The minimum Gasteiger partial charge on any atom is -0.295 e. The van der Waals surface area contributed by atoms with Crippen LogP contribution in [0.4, 0.5) is 0 Å². The third-order valence-electron chi connectivity index (χ3n) is 1.69. The summed E-state index contributed by atoms with van der Waals surface area (Å²) < 4.78 is 0. The average molecular weight is 142 g/mol.